The molecule has 0 aliphatic carbocycles. The molecule has 0 amide bonds. The van der Waals surface area contributed by atoms with Crippen LogP contribution in [0.25, 0.3) is 11.1 Å². The number of ether oxygens (including phenoxy) is 1. The van der Waals surface area contributed by atoms with E-state index in [9.17, 15) is 4.79 Å². The second kappa shape index (κ2) is 9.23. The molecule has 1 atom stereocenters. The summed E-state index contributed by atoms with van der Waals surface area (Å²) in [4.78, 5) is 12.1. The molecule has 0 saturated heterocycles. The number of hydrogen-bond acceptors (Lipinski definition) is 2. The van der Waals surface area contributed by atoms with E-state index >= 15 is 0 Å². The van der Waals surface area contributed by atoms with E-state index in [1.165, 1.54) is 0 Å². The van der Waals surface area contributed by atoms with Crippen LogP contribution in [0.4, 0.5) is 0 Å². The number of carbonyl (C=O) groups is 1. The third kappa shape index (κ3) is 4.83. The first-order valence-corrected chi connectivity index (χ1v) is 8.15. The van der Waals surface area contributed by atoms with Crippen molar-refractivity contribution in [2.75, 3.05) is 0 Å². The zero-order chi connectivity index (χ0) is 16.1. The minimum Gasteiger partial charge on any atom is -0.423 e. The number of esters is 1. The summed E-state index contributed by atoms with van der Waals surface area (Å²) in [6.45, 7) is 0. The van der Waals surface area contributed by atoms with Crippen LogP contribution in [0.5, 0.6) is 5.75 Å². The molecule has 0 heterocycles. The van der Waals surface area contributed by atoms with Crippen LogP contribution in [0, 0.1) is 6.07 Å². The van der Waals surface area contributed by atoms with E-state index in [4.69, 9.17) is 4.74 Å². The Hall–Kier alpha value is -1.34. The van der Waals surface area contributed by atoms with E-state index in [2.05, 4.69) is 15.3 Å². The summed E-state index contributed by atoms with van der Waals surface area (Å²) >= 11 is 0. The fourth-order valence-corrected chi connectivity index (χ4v) is 2.51. The van der Waals surface area contributed by atoms with Gasteiger partial charge in [-0.05, 0) is 41.6 Å². The van der Waals surface area contributed by atoms with Crippen molar-refractivity contribution in [2.45, 2.75) is 6.16 Å². The second-order valence-electron chi connectivity index (χ2n) is 5.10. The van der Waals surface area contributed by atoms with Crippen molar-refractivity contribution in [1.29, 1.82) is 0 Å². The molecule has 0 aliphatic rings. The summed E-state index contributed by atoms with van der Waals surface area (Å²) in [5.41, 5.74) is 3.89. The third-order valence-electron chi connectivity index (χ3n) is 3.54. The summed E-state index contributed by atoms with van der Waals surface area (Å²) in [5.74, 6) is 0.193. The molecule has 1 unspecified atom stereocenters. The smallest absolute Gasteiger partial charge is 0.343 e. The Kier molecular flexibility index (Phi) is 7.30. The summed E-state index contributed by atoms with van der Waals surface area (Å²) in [6, 6.07) is 25.7. The molecular formula is C20H16O2PY-. The van der Waals surface area contributed by atoms with E-state index in [0.29, 0.717) is 11.3 Å². The van der Waals surface area contributed by atoms with Gasteiger partial charge in [0.05, 0.1) is 5.56 Å². The molecule has 24 heavy (non-hydrogen) atoms. The van der Waals surface area contributed by atoms with Crippen LogP contribution in [0.15, 0.2) is 72.8 Å². The topological polar surface area (TPSA) is 26.3 Å². The zero-order valence-electron chi connectivity index (χ0n) is 13.1. The number of benzene rings is 3. The van der Waals surface area contributed by atoms with Crippen LogP contribution in [-0.2, 0) is 38.9 Å². The minimum absolute atomic E-state index is 0. The predicted molar refractivity (Wildman–Crippen MR) is 95.5 cm³/mol. The van der Waals surface area contributed by atoms with Gasteiger partial charge < -0.3 is 4.74 Å². The molecule has 3 aromatic rings. The Morgan fingerprint density at radius 1 is 0.875 bits per heavy atom. The Morgan fingerprint density at radius 2 is 1.46 bits per heavy atom. The van der Waals surface area contributed by atoms with Crippen LogP contribution >= 0.6 is 9.24 Å². The molecule has 0 fully saturated rings. The van der Waals surface area contributed by atoms with Crippen molar-refractivity contribution >= 4 is 15.2 Å². The number of hydrogen-bond donors (Lipinski definition) is 0. The molecule has 1 radical (unpaired) electrons. The van der Waals surface area contributed by atoms with Crippen molar-refractivity contribution in [1.82, 2.24) is 0 Å². The number of rotatable bonds is 4. The van der Waals surface area contributed by atoms with Gasteiger partial charge in [0.25, 0.3) is 0 Å². The second-order valence-corrected chi connectivity index (χ2v) is 5.51. The van der Waals surface area contributed by atoms with Crippen LogP contribution < -0.4 is 4.74 Å². The quantitative estimate of drug-likeness (QED) is 0.270. The maximum absolute atomic E-state index is 12.1. The summed E-state index contributed by atoms with van der Waals surface area (Å²) < 4.78 is 5.41. The first-order valence-electron chi connectivity index (χ1n) is 7.34. The normalized spacial score (nSPS) is 9.88. The van der Waals surface area contributed by atoms with Gasteiger partial charge in [0.2, 0.25) is 0 Å². The summed E-state index contributed by atoms with van der Waals surface area (Å²) in [6.07, 6.45) is 0.869. The van der Waals surface area contributed by atoms with E-state index in [0.717, 1.165) is 22.9 Å². The summed E-state index contributed by atoms with van der Waals surface area (Å²) in [7, 11) is 2.66. The molecular weight excluding hydrogens is 392 g/mol. The Morgan fingerprint density at radius 3 is 2.04 bits per heavy atom. The van der Waals surface area contributed by atoms with Gasteiger partial charge in [-0.2, -0.15) is 30.3 Å². The standard InChI is InChI=1S/C20H16O2P.Y/c21-20(18-8-6-15(14-23)7-9-18)22-19-12-10-17(11-13-19)16-4-2-1-3-5-16;/h2-13H,14,23H2;/q-1;. The van der Waals surface area contributed by atoms with Gasteiger partial charge in [-0.1, -0.05) is 24.3 Å². The molecule has 0 aromatic heterocycles. The van der Waals surface area contributed by atoms with Gasteiger partial charge in [0, 0.05) is 32.7 Å². The van der Waals surface area contributed by atoms with E-state index < -0.39 is 0 Å². The third-order valence-corrected chi connectivity index (χ3v) is 4.01. The Balaban J connectivity index is 0.00000208. The van der Waals surface area contributed by atoms with Gasteiger partial charge in [-0.25, -0.2) is 4.79 Å². The van der Waals surface area contributed by atoms with Crippen molar-refractivity contribution in [2.24, 2.45) is 0 Å². The number of carbonyl (C=O) groups excluding carboxylic acids is 1. The average molecular weight is 408 g/mol. The molecule has 2 nitrogen and oxygen atoms in total. The van der Waals surface area contributed by atoms with Crippen molar-refractivity contribution < 1.29 is 42.2 Å². The molecule has 0 bridgehead atoms. The molecule has 0 N–H and O–H groups in total. The molecule has 4 heteroatoms. The van der Waals surface area contributed by atoms with Crippen molar-refractivity contribution in [3.05, 3.63) is 90.0 Å². The largest absolute Gasteiger partial charge is 0.423 e. The average Bonchev–Trinajstić information content (AvgIpc) is 2.63. The minimum atomic E-state index is -0.345. The SMILES string of the molecule is O=C(Oc1ccc(-c2cc[c-]cc2)cc1)c1ccc(CP)cc1.[Y]. The van der Waals surface area contributed by atoms with Gasteiger partial charge >= 0.3 is 5.97 Å². The fraction of sp³-hybridized carbons (Fsp3) is 0.0500. The predicted octanol–water partition coefficient (Wildman–Crippen LogP) is 4.75. The van der Waals surface area contributed by atoms with Crippen molar-refractivity contribution in [3.8, 4) is 16.9 Å². The maximum Gasteiger partial charge on any atom is 0.343 e. The van der Waals surface area contributed by atoms with E-state index in [-0.39, 0.29) is 38.7 Å². The van der Waals surface area contributed by atoms with Crippen molar-refractivity contribution in [3.63, 3.8) is 0 Å². The molecule has 3 aromatic carbocycles. The summed E-state index contributed by atoms with van der Waals surface area (Å²) in [5, 5.41) is 0. The zero-order valence-corrected chi connectivity index (χ0v) is 17.1. The van der Waals surface area contributed by atoms with Gasteiger partial charge in [-0.15, -0.1) is 14.8 Å². The molecule has 117 valence electrons. The van der Waals surface area contributed by atoms with Gasteiger partial charge in [-0.3, -0.25) is 0 Å². The Labute approximate surface area is 169 Å². The van der Waals surface area contributed by atoms with E-state index in [1.807, 2.05) is 48.5 Å². The molecule has 3 rings (SSSR count). The van der Waals surface area contributed by atoms with Gasteiger partial charge in [0.1, 0.15) is 5.75 Å². The first kappa shape index (κ1) is 19.0. The van der Waals surface area contributed by atoms with Crippen LogP contribution in [0.2, 0.25) is 0 Å². The molecule has 0 aliphatic heterocycles. The first-order chi connectivity index (χ1) is 11.3. The maximum atomic E-state index is 12.1. The van der Waals surface area contributed by atoms with E-state index in [1.54, 1.807) is 24.3 Å². The van der Waals surface area contributed by atoms with Gasteiger partial charge in [0.15, 0.2) is 0 Å². The van der Waals surface area contributed by atoms with Crippen LogP contribution in [0.1, 0.15) is 15.9 Å². The Bertz CT molecular complexity index is 784. The monoisotopic (exact) mass is 408 g/mol. The molecule has 0 saturated carbocycles. The van der Waals surface area contributed by atoms with Crippen LogP contribution in [-0.4, -0.2) is 5.97 Å². The fourth-order valence-electron chi connectivity index (χ4n) is 2.24. The van der Waals surface area contributed by atoms with Crippen LogP contribution in [0.3, 0.4) is 0 Å². The molecule has 0 spiro atoms.